The molecule has 182 valence electrons. The van der Waals surface area contributed by atoms with E-state index in [0.717, 1.165) is 12.1 Å². The minimum absolute atomic E-state index is 0.0881. The van der Waals surface area contributed by atoms with Gasteiger partial charge < -0.3 is 15.0 Å². The van der Waals surface area contributed by atoms with Crippen LogP contribution in [-0.4, -0.2) is 35.2 Å². The smallest absolute Gasteiger partial charge is 0.416 e. The van der Waals surface area contributed by atoms with Gasteiger partial charge in [-0.3, -0.25) is 0 Å². The second-order valence-corrected chi connectivity index (χ2v) is 8.43. The first-order chi connectivity index (χ1) is 14.8. The summed E-state index contributed by atoms with van der Waals surface area (Å²) >= 11 is 0. The van der Waals surface area contributed by atoms with E-state index in [2.05, 4.69) is 5.32 Å². The fraction of sp³-hybridized carbons (Fsp3) is 0.682. The van der Waals surface area contributed by atoms with E-state index < -0.39 is 29.6 Å². The van der Waals surface area contributed by atoms with Gasteiger partial charge in [-0.2, -0.15) is 26.3 Å². The Morgan fingerprint density at radius 3 is 1.84 bits per heavy atom. The predicted octanol–water partition coefficient (Wildman–Crippen LogP) is 6.38. The third-order valence-corrected chi connectivity index (χ3v) is 5.63. The Labute approximate surface area is 184 Å². The molecule has 0 spiro atoms. The molecule has 1 aliphatic rings. The quantitative estimate of drug-likeness (QED) is 0.493. The van der Waals surface area contributed by atoms with Crippen molar-refractivity contribution in [2.24, 2.45) is 0 Å². The van der Waals surface area contributed by atoms with Crippen LogP contribution in [0.15, 0.2) is 18.2 Å². The van der Waals surface area contributed by atoms with E-state index in [4.69, 9.17) is 4.74 Å². The second-order valence-electron chi connectivity index (χ2n) is 8.43. The van der Waals surface area contributed by atoms with Crippen LogP contribution < -0.4 is 5.32 Å². The number of amides is 1. The zero-order chi connectivity index (χ0) is 24.3. The molecule has 32 heavy (non-hydrogen) atoms. The van der Waals surface area contributed by atoms with E-state index in [1.54, 1.807) is 18.7 Å². The van der Waals surface area contributed by atoms with Crippen LogP contribution >= 0.6 is 0 Å². The van der Waals surface area contributed by atoms with Crippen LogP contribution in [0, 0.1) is 0 Å². The van der Waals surface area contributed by atoms with Crippen molar-refractivity contribution in [3.63, 3.8) is 0 Å². The highest BCUT2D eigenvalue weighted by Gasteiger charge is 2.39. The zero-order valence-corrected chi connectivity index (χ0v) is 18.6. The van der Waals surface area contributed by atoms with Gasteiger partial charge in [0, 0.05) is 24.7 Å². The van der Waals surface area contributed by atoms with Gasteiger partial charge in [-0.15, -0.1) is 0 Å². The van der Waals surface area contributed by atoms with Gasteiger partial charge in [-0.1, -0.05) is 13.8 Å². The first-order valence-corrected chi connectivity index (χ1v) is 10.8. The number of hydrogen-bond acceptors (Lipinski definition) is 3. The number of nitrogens with one attached hydrogen (secondary N) is 1. The lowest BCUT2D eigenvalue weighted by Gasteiger charge is -2.44. The third kappa shape index (κ3) is 6.76. The van der Waals surface area contributed by atoms with Gasteiger partial charge in [-0.05, 0) is 63.3 Å². The summed E-state index contributed by atoms with van der Waals surface area (Å²) in [5, 5.41) is 3.11. The molecular formula is C22H30F6N2O2. The highest BCUT2D eigenvalue weighted by molar-refractivity contribution is 5.69. The molecule has 0 aromatic heterocycles. The van der Waals surface area contributed by atoms with Crippen molar-refractivity contribution in [3.8, 4) is 0 Å². The van der Waals surface area contributed by atoms with Gasteiger partial charge in [-0.25, -0.2) is 4.79 Å². The summed E-state index contributed by atoms with van der Waals surface area (Å²) in [6, 6.07) is 1.19. The van der Waals surface area contributed by atoms with Gasteiger partial charge in [0.25, 0.3) is 0 Å². The molecule has 0 bridgehead atoms. The first kappa shape index (κ1) is 26.3. The van der Waals surface area contributed by atoms with Crippen molar-refractivity contribution >= 4 is 6.09 Å². The van der Waals surface area contributed by atoms with Crippen molar-refractivity contribution in [1.29, 1.82) is 0 Å². The van der Waals surface area contributed by atoms with Crippen molar-refractivity contribution in [2.75, 3.05) is 0 Å². The molecule has 4 nitrogen and oxygen atoms in total. The maximum Gasteiger partial charge on any atom is 0.416 e. The Morgan fingerprint density at radius 1 is 1.00 bits per heavy atom. The van der Waals surface area contributed by atoms with Crippen LogP contribution in [0.4, 0.5) is 31.1 Å². The molecule has 1 N–H and O–H groups in total. The van der Waals surface area contributed by atoms with Gasteiger partial charge >= 0.3 is 18.4 Å². The number of piperidine rings is 1. The molecule has 1 aromatic carbocycles. The number of carbonyl (C=O) groups excluding carboxylic acids is 1. The molecule has 0 saturated carbocycles. The van der Waals surface area contributed by atoms with E-state index in [1.807, 2.05) is 13.8 Å². The summed E-state index contributed by atoms with van der Waals surface area (Å²) in [5.41, 5.74) is -2.74. The van der Waals surface area contributed by atoms with Crippen molar-refractivity contribution in [1.82, 2.24) is 10.2 Å². The highest BCUT2D eigenvalue weighted by Crippen LogP contribution is 2.36. The molecule has 1 aliphatic heterocycles. The van der Waals surface area contributed by atoms with Crippen LogP contribution in [0.1, 0.15) is 70.1 Å². The minimum atomic E-state index is -4.88. The summed E-state index contributed by atoms with van der Waals surface area (Å²) < 4.78 is 83.9. The molecule has 1 aromatic rings. The van der Waals surface area contributed by atoms with Crippen LogP contribution in [0.2, 0.25) is 0 Å². The summed E-state index contributed by atoms with van der Waals surface area (Å²) in [5.74, 6) is 0. The Hall–Kier alpha value is -1.97. The van der Waals surface area contributed by atoms with Gasteiger partial charge in [0.15, 0.2) is 0 Å². The number of likely N-dealkylation sites (tertiary alicyclic amines) is 1. The van der Waals surface area contributed by atoms with E-state index in [1.165, 1.54) is 0 Å². The number of ether oxygens (including phenoxy) is 1. The number of benzene rings is 1. The van der Waals surface area contributed by atoms with Crippen molar-refractivity contribution in [3.05, 3.63) is 34.9 Å². The normalized spacial score (nSPS) is 22.3. The Bertz CT molecular complexity index is 732. The SMILES string of the molecule is CCC1CC(NCc2cc(C(F)(F)F)cc(C(F)(F)F)c2)CC(CC)N1C(=O)OC(C)C. The Balaban J connectivity index is 2.18. The van der Waals surface area contributed by atoms with E-state index in [9.17, 15) is 31.1 Å². The van der Waals surface area contributed by atoms with Crippen LogP contribution in [0.25, 0.3) is 0 Å². The highest BCUT2D eigenvalue weighted by atomic mass is 19.4. The molecule has 1 heterocycles. The molecule has 1 fully saturated rings. The predicted molar refractivity (Wildman–Crippen MR) is 108 cm³/mol. The van der Waals surface area contributed by atoms with E-state index in [-0.39, 0.29) is 42.4 Å². The second kappa shape index (κ2) is 10.3. The standard InChI is InChI=1S/C22H30F6N2O2/c1-5-18-10-17(11-19(6-2)30(18)20(31)32-13(3)4)29-12-14-7-15(21(23,24)25)9-16(8-14)22(26,27)28/h7-9,13,17-19,29H,5-6,10-12H2,1-4H3. The maximum atomic E-state index is 13.1. The Morgan fingerprint density at radius 2 is 1.47 bits per heavy atom. The van der Waals surface area contributed by atoms with Crippen molar-refractivity contribution < 1.29 is 35.9 Å². The number of nitrogens with zero attached hydrogens (tertiary/aromatic N) is 1. The molecule has 0 aliphatic carbocycles. The molecule has 2 rings (SSSR count). The summed E-state index contributed by atoms with van der Waals surface area (Å²) in [6.45, 7) is 7.24. The average Bonchev–Trinajstić information content (AvgIpc) is 2.69. The first-order valence-electron chi connectivity index (χ1n) is 10.8. The lowest BCUT2D eigenvalue weighted by molar-refractivity contribution is -0.143. The summed E-state index contributed by atoms with van der Waals surface area (Å²) in [4.78, 5) is 14.3. The van der Waals surface area contributed by atoms with Gasteiger partial charge in [0.1, 0.15) is 0 Å². The van der Waals surface area contributed by atoms with Gasteiger partial charge in [0.05, 0.1) is 17.2 Å². The topological polar surface area (TPSA) is 41.6 Å². The Kier molecular flexibility index (Phi) is 8.47. The van der Waals surface area contributed by atoms with Gasteiger partial charge in [0.2, 0.25) is 0 Å². The fourth-order valence-corrected chi connectivity index (χ4v) is 4.12. The number of halogens is 6. The molecule has 1 amide bonds. The maximum absolute atomic E-state index is 13.1. The molecular weight excluding hydrogens is 438 g/mol. The largest absolute Gasteiger partial charge is 0.447 e. The summed E-state index contributed by atoms with van der Waals surface area (Å²) in [7, 11) is 0. The van der Waals surface area contributed by atoms with Crippen LogP contribution in [-0.2, 0) is 23.6 Å². The number of rotatable bonds is 6. The fourth-order valence-electron chi connectivity index (χ4n) is 4.12. The third-order valence-electron chi connectivity index (χ3n) is 5.63. The van der Waals surface area contributed by atoms with E-state index in [0.29, 0.717) is 25.7 Å². The van der Waals surface area contributed by atoms with Crippen LogP contribution in [0.5, 0.6) is 0 Å². The van der Waals surface area contributed by atoms with Crippen LogP contribution in [0.3, 0.4) is 0 Å². The zero-order valence-electron chi connectivity index (χ0n) is 18.6. The number of carbonyl (C=O) groups is 1. The number of hydrogen-bond donors (Lipinski definition) is 1. The average molecular weight is 468 g/mol. The molecule has 0 radical (unpaired) electrons. The lowest BCUT2D eigenvalue weighted by atomic mass is 9.88. The monoisotopic (exact) mass is 468 g/mol. The summed E-state index contributed by atoms with van der Waals surface area (Å²) in [6.07, 6.45) is -8.04. The molecule has 2 unspecified atom stereocenters. The molecule has 2 atom stereocenters. The molecule has 10 heteroatoms. The van der Waals surface area contributed by atoms with E-state index >= 15 is 0 Å². The molecule has 1 saturated heterocycles. The lowest BCUT2D eigenvalue weighted by Crippen LogP contribution is -2.56. The number of alkyl halides is 6. The minimum Gasteiger partial charge on any atom is -0.447 e. The van der Waals surface area contributed by atoms with Crippen molar-refractivity contribution in [2.45, 2.75) is 96.5 Å².